The van der Waals surface area contributed by atoms with Gasteiger partial charge in [-0.25, -0.2) is 15.0 Å². The van der Waals surface area contributed by atoms with Crippen molar-refractivity contribution in [1.29, 1.82) is 0 Å². The van der Waals surface area contributed by atoms with Crippen LogP contribution in [0.5, 0.6) is 0 Å². The normalized spacial score (nSPS) is 23.0. The highest BCUT2D eigenvalue weighted by molar-refractivity contribution is 6.76. The lowest BCUT2D eigenvalue weighted by Gasteiger charge is -2.41. The molecule has 0 radical (unpaired) electrons. The maximum Gasteiger partial charge on any atom is 0.236 e. The van der Waals surface area contributed by atoms with Crippen molar-refractivity contribution in [2.45, 2.75) is 70.2 Å². The Kier molecular flexibility index (Phi) is 15.0. The van der Waals surface area contributed by atoms with E-state index in [-0.39, 0.29) is 18.2 Å². The largest absolute Gasteiger partial charge is 0.377 e. The van der Waals surface area contributed by atoms with E-state index in [0.29, 0.717) is 52.2 Å². The highest BCUT2D eigenvalue weighted by Gasteiger charge is 2.29. The monoisotopic (exact) mass is 774 g/mol. The molecule has 0 N–H and O–H groups in total. The van der Waals surface area contributed by atoms with Crippen LogP contribution in [0.4, 0.5) is 17.5 Å². The molecule has 6 aliphatic heterocycles. The highest BCUT2D eigenvalue weighted by atomic mass is 28.3. The molecule has 2 saturated heterocycles. The zero-order chi connectivity index (χ0) is 38.6. The van der Waals surface area contributed by atoms with Gasteiger partial charge in [0.15, 0.2) is 6.29 Å². The number of anilines is 3. The number of nitrogens with zero attached hydrogens (tertiary/aromatic N) is 8. The Bertz CT molecular complexity index is 1640. The molecule has 14 heteroatoms. The van der Waals surface area contributed by atoms with E-state index < -0.39 is 8.07 Å². The third-order valence-electron chi connectivity index (χ3n) is 10.6. The molecule has 2 fully saturated rings. The molecule has 6 aliphatic rings. The van der Waals surface area contributed by atoms with Crippen molar-refractivity contribution >= 4 is 31.4 Å². The van der Waals surface area contributed by atoms with Gasteiger partial charge >= 0.3 is 0 Å². The molecule has 8 heterocycles. The minimum absolute atomic E-state index is 0.106. The SMILES string of the molecule is CN1CCCN(C)c2ccc(cn2)-c2ccnc(n2)N(COCC[Si-](C)(C)C)c2cccc(c2)CN2CCN(CC1=O)CC2COCCOC1CCCCO1. The minimum Gasteiger partial charge on any atom is -0.377 e. The molecular weight excluding hydrogens is 713 g/mol. The van der Waals surface area contributed by atoms with Gasteiger partial charge < -0.3 is 28.7 Å². The van der Waals surface area contributed by atoms with Crippen molar-refractivity contribution in [1.82, 2.24) is 29.7 Å². The molecule has 8 bridgehead atoms. The number of aromatic nitrogens is 3. The Morgan fingerprint density at radius 2 is 1.76 bits per heavy atom. The molecule has 13 nitrogen and oxygen atoms in total. The van der Waals surface area contributed by atoms with Crippen LogP contribution in [0.2, 0.25) is 25.7 Å². The molecule has 2 aromatic heterocycles. The van der Waals surface area contributed by atoms with Gasteiger partial charge in [-0.15, -0.1) is 14.1 Å². The second-order valence-corrected chi connectivity index (χ2v) is 21.9. The Morgan fingerprint density at radius 1 is 0.891 bits per heavy atom. The van der Waals surface area contributed by atoms with Crippen LogP contribution in [-0.4, -0.2) is 149 Å². The van der Waals surface area contributed by atoms with Crippen molar-refractivity contribution in [2.24, 2.45) is 0 Å². The summed E-state index contributed by atoms with van der Waals surface area (Å²) in [5.74, 6) is 1.59. The van der Waals surface area contributed by atoms with E-state index in [1.165, 1.54) is 5.56 Å². The summed E-state index contributed by atoms with van der Waals surface area (Å²) in [5.41, 5.74) is 3.86. The van der Waals surface area contributed by atoms with Crippen LogP contribution in [0.15, 0.2) is 54.9 Å². The number of hydrogen-bond donors (Lipinski definition) is 0. The van der Waals surface area contributed by atoms with Crippen molar-refractivity contribution in [2.75, 3.05) is 103 Å². The fraction of sp³-hybridized carbons (Fsp3) is 0.610. The molecule has 9 rings (SSSR count). The summed E-state index contributed by atoms with van der Waals surface area (Å²) in [6.45, 7) is 15.4. The smallest absolute Gasteiger partial charge is 0.236 e. The van der Waals surface area contributed by atoms with Crippen LogP contribution >= 0.6 is 0 Å². The number of hydrogen-bond acceptors (Lipinski definition) is 12. The number of carbonyl (C=O) groups is 1. The number of piperazine rings is 1. The number of ether oxygens (including phenoxy) is 4. The summed E-state index contributed by atoms with van der Waals surface area (Å²) in [6, 6.07) is 15.8. The van der Waals surface area contributed by atoms with Gasteiger partial charge in [0.2, 0.25) is 11.9 Å². The lowest BCUT2D eigenvalue weighted by Crippen LogP contribution is -2.56. The Morgan fingerprint density at radius 3 is 2.56 bits per heavy atom. The first-order valence-electron chi connectivity index (χ1n) is 20.1. The number of rotatable bonds is 11. The zero-order valence-corrected chi connectivity index (χ0v) is 34.7. The molecule has 4 atom stereocenters. The second kappa shape index (κ2) is 20.1. The predicted octanol–water partition coefficient (Wildman–Crippen LogP) is 5.33. The summed E-state index contributed by atoms with van der Waals surface area (Å²) < 4.78 is 24.3. The first-order valence-corrected chi connectivity index (χ1v) is 23.8. The highest BCUT2D eigenvalue weighted by Crippen LogP contribution is 2.28. The Hall–Kier alpha value is -3.50. The van der Waals surface area contributed by atoms with Crippen molar-refractivity contribution in [3.8, 4) is 11.3 Å². The molecule has 1 aromatic carbocycles. The topological polar surface area (TPSA) is 109 Å². The van der Waals surface area contributed by atoms with E-state index in [1.807, 2.05) is 43.5 Å². The molecule has 4 unspecified atom stereocenters. The average molecular weight is 775 g/mol. The van der Waals surface area contributed by atoms with Gasteiger partial charge in [0.05, 0.1) is 32.1 Å². The average Bonchev–Trinajstić information content (AvgIpc) is 3.18. The van der Waals surface area contributed by atoms with E-state index in [2.05, 4.69) is 69.6 Å². The first-order chi connectivity index (χ1) is 26.6. The standard InChI is InChI=1S/C41H62N8O5Si/c1-45-17-9-18-46(2)39(50)30-47-19-20-48(36(29-47)31-51-22-23-54-40-12-6-7-21-53-40)28-33-10-8-11-35(26-33)49(32-52-24-25-55(3,4)5)41-42-16-15-37(44-41)34-13-14-38(45)43-27-34/h8,10-11,13-16,26-27,36,40H,6-7,9,12,17-25,28-32H2,1-5H3/q-1. The summed E-state index contributed by atoms with van der Waals surface area (Å²) in [4.78, 5) is 38.9. The quantitative estimate of drug-likeness (QED) is 0.186. The molecule has 0 spiro atoms. The number of pyridine rings is 1. The van der Waals surface area contributed by atoms with E-state index in [0.717, 1.165) is 93.8 Å². The maximum absolute atomic E-state index is 13.4. The summed E-state index contributed by atoms with van der Waals surface area (Å²) in [5, 5.41) is 0. The van der Waals surface area contributed by atoms with E-state index in [9.17, 15) is 4.79 Å². The van der Waals surface area contributed by atoms with Gasteiger partial charge in [-0.2, -0.15) is 19.6 Å². The Balaban J connectivity index is 1.24. The van der Waals surface area contributed by atoms with E-state index in [4.69, 9.17) is 33.9 Å². The van der Waals surface area contributed by atoms with Crippen molar-refractivity contribution in [3.05, 3.63) is 60.4 Å². The Labute approximate surface area is 328 Å². The molecule has 301 valence electrons. The molecule has 0 saturated carbocycles. The van der Waals surface area contributed by atoms with Gasteiger partial charge in [0.25, 0.3) is 0 Å². The van der Waals surface area contributed by atoms with Gasteiger partial charge in [-0.05, 0) is 61.6 Å². The molecule has 55 heavy (non-hydrogen) atoms. The first kappa shape index (κ1) is 41.1. The minimum atomic E-state index is -1.27. The van der Waals surface area contributed by atoms with E-state index >= 15 is 0 Å². The number of likely N-dealkylation sites (N-methyl/N-ethyl adjacent to an activating group) is 1. The summed E-state index contributed by atoms with van der Waals surface area (Å²) >= 11 is 0. The van der Waals surface area contributed by atoms with Crippen molar-refractivity contribution in [3.63, 3.8) is 0 Å². The van der Waals surface area contributed by atoms with Crippen LogP contribution in [0.25, 0.3) is 11.3 Å². The number of carbonyl (C=O) groups excluding carboxylic acids is 1. The fourth-order valence-corrected chi connectivity index (χ4v) is 7.86. The van der Waals surface area contributed by atoms with Gasteiger partial charge in [0.1, 0.15) is 12.5 Å². The fourth-order valence-electron chi connectivity index (χ4n) is 7.11. The predicted molar refractivity (Wildman–Crippen MR) is 219 cm³/mol. The zero-order valence-electron chi connectivity index (χ0n) is 33.7. The van der Waals surface area contributed by atoms with Crippen LogP contribution < -0.4 is 9.80 Å². The molecule has 0 aliphatic carbocycles. The molecule has 3 aromatic rings. The molecular formula is C41H62N8O5Si-. The van der Waals surface area contributed by atoms with Gasteiger partial charge in [-0.1, -0.05) is 12.1 Å². The molecule has 1 amide bonds. The van der Waals surface area contributed by atoms with Crippen LogP contribution in [0.3, 0.4) is 0 Å². The number of benzene rings is 1. The summed E-state index contributed by atoms with van der Waals surface area (Å²) in [6.07, 6.45) is 7.57. The van der Waals surface area contributed by atoms with Crippen LogP contribution in [0.1, 0.15) is 31.2 Å². The van der Waals surface area contributed by atoms with Crippen molar-refractivity contribution < 1.29 is 23.7 Å². The van der Waals surface area contributed by atoms with Gasteiger partial charge in [0, 0.05) is 96.3 Å². The van der Waals surface area contributed by atoms with E-state index in [1.54, 1.807) is 0 Å². The lowest BCUT2D eigenvalue weighted by atomic mass is 10.1. The third-order valence-corrected chi connectivity index (χ3v) is 12.3. The number of amides is 1. The van der Waals surface area contributed by atoms with Crippen LogP contribution in [-0.2, 0) is 30.3 Å². The lowest BCUT2D eigenvalue weighted by molar-refractivity contribution is -0.170. The summed E-state index contributed by atoms with van der Waals surface area (Å²) in [7, 11) is 2.68. The van der Waals surface area contributed by atoms with Crippen LogP contribution in [0, 0.1) is 0 Å². The maximum atomic E-state index is 13.4. The van der Waals surface area contributed by atoms with Gasteiger partial charge in [-0.3, -0.25) is 19.5 Å². The third kappa shape index (κ3) is 12.5. The second-order valence-electron chi connectivity index (χ2n) is 16.3.